The van der Waals surface area contributed by atoms with Gasteiger partial charge < -0.3 is 4.74 Å². The van der Waals surface area contributed by atoms with Gasteiger partial charge in [-0.2, -0.15) is 0 Å². The van der Waals surface area contributed by atoms with Crippen LogP contribution in [0.3, 0.4) is 0 Å². The van der Waals surface area contributed by atoms with Crippen LogP contribution < -0.4 is 0 Å². The molecule has 0 heterocycles. The zero-order valence-corrected chi connectivity index (χ0v) is 15.0. The minimum absolute atomic E-state index is 0.0241. The van der Waals surface area contributed by atoms with Gasteiger partial charge in [-0.1, -0.05) is 84.2 Å². The minimum Gasteiger partial charge on any atom is -0.465 e. The maximum absolute atomic E-state index is 11.6. The quantitative estimate of drug-likeness (QED) is 0.187. The van der Waals surface area contributed by atoms with Crippen molar-refractivity contribution in [3.63, 3.8) is 0 Å². The first-order chi connectivity index (χ1) is 8.22. The van der Waals surface area contributed by atoms with E-state index >= 15 is 0 Å². The van der Waals surface area contributed by atoms with Gasteiger partial charge in [0.15, 0.2) is 0 Å². The first kappa shape index (κ1) is 17.9. The number of carbonyl (C=O) groups is 1. The van der Waals surface area contributed by atoms with Crippen molar-refractivity contribution in [3.8, 4) is 0 Å². The van der Waals surface area contributed by atoms with Gasteiger partial charge in [0.2, 0.25) is 0 Å². The predicted molar refractivity (Wildman–Crippen MR) is 90.3 cm³/mol. The zero-order valence-electron chi connectivity index (χ0n) is 10.7. The lowest BCUT2D eigenvalue weighted by Gasteiger charge is -2.09. The van der Waals surface area contributed by atoms with Crippen LogP contribution in [-0.2, 0) is 9.53 Å². The third-order valence-electron chi connectivity index (χ3n) is 2.59. The molecule has 0 aliphatic rings. The summed E-state index contributed by atoms with van der Waals surface area (Å²) < 4.78 is 6.42. The van der Waals surface area contributed by atoms with Gasteiger partial charge in [0, 0.05) is 0 Å². The molecular formula is C13H24I2O2. The van der Waals surface area contributed by atoms with Crippen LogP contribution in [-0.4, -0.2) is 20.9 Å². The Bertz CT molecular complexity index is 186. The second kappa shape index (κ2) is 13.4. The van der Waals surface area contributed by atoms with Crippen molar-refractivity contribution in [1.82, 2.24) is 0 Å². The van der Waals surface area contributed by atoms with E-state index in [1.54, 1.807) is 0 Å². The van der Waals surface area contributed by atoms with Gasteiger partial charge in [0.1, 0.15) is 3.92 Å². The summed E-state index contributed by atoms with van der Waals surface area (Å²) in [7, 11) is 0. The van der Waals surface area contributed by atoms with E-state index in [0.29, 0.717) is 6.61 Å². The second-order valence-electron chi connectivity index (χ2n) is 4.23. The average molecular weight is 466 g/mol. The molecule has 0 bridgehead atoms. The molecule has 0 aliphatic carbocycles. The molecule has 0 rings (SSSR count). The van der Waals surface area contributed by atoms with E-state index in [9.17, 15) is 4.79 Å². The molecule has 0 aromatic carbocycles. The van der Waals surface area contributed by atoms with Gasteiger partial charge in [-0.3, -0.25) is 4.79 Å². The van der Waals surface area contributed by atoms with Crippen LogP contribution in [0, 0.1) is 0 Å². The molecule has 0 fully saturated rings. The highest BCUT2D eigenvalue weighted by Crippen LogP contribution is 2.12. The van der Waals surface area contributed by atoms with Gasteiger partial charge >= 0.3 is 5.97 Å². The van der Waals surface area contributed by atoms with Crippen LogP contribution >= 0.6 is 45.2 Å². The largest absolute Gasteiger partial charge is 0.465 e. The van der Waals surface area contributed by atoms with Crippen LogP contribution in [0.25, 0.3) is 0 Å². The molecule has 0 spiro atoms. The fourth-order valence-corrected chi connectivity index (χ4v) is 2.58. The van der Waals surface area contributed by atoms with Crippen molar-refractivity contribution in [2.45, 2.75) is 62.2 Å². The summed E-state index contributed by atoms with van der Waals surface area (Å²) in [6.45, 7) is 2.83. The summed E-state index contributed by atoms with van der Waals surface area (Å²) in [6, 6.07) is 0. The normalized spacial score (nSPS) is 12.4. The van der Waals surface area contributed by atoms with E-state index in [4.69, 9.17) is 4.74 Å². The molecule has 2 nitrogen and oxygen atoms in total. The number of carbonyl (C=O) groups excluding carboxylic acids is 1. The number of unbranched alkanes of at least 4 members (excludes halogenated alkanes) is 5. The number of rotatable bonds is 11. The third-order valence-corrected chi connectivity index (χ3v) is 4.48. The summed E-state index contributed by atoms with van der Waals surface area (Å²) in [6.07, 6.45) is 9.44. The van der Waals surface area contributed by atoms with Gasteiger partial charge in [0.05, 0.1) is 6.61 Å². The van der Waals surface area contributed by atoms with Crippen molar-refractivity contribution in [2.24, 2.45) is 0 Å². The summed E-state index contributed by atoms with van der Waals surface area (Å²) in [5.41, 5.74) is 0. The zero-order chi connectivity index (χ0) is 12.9. The van der Waals surface area contributed by atoms with Gasteiger partial charge in [-0.15, -0.1) is 0 Å². The molecule has 1 atom stereocenters. The van der Waals surface area contributed by atoms with E-state index < -0.39 is 0 Å². The number of hydrogen-bond donors (Lipinski definition) is 0. The van der Waals surface area contributed by atoms with Crippen molar-refractivity contribution >= 4 is 51.2 Å². The third kappa shape index (κ3) is 11.7. The van der Waals surface area contributed by atoms with E-state index in [1.807, 2.05) is 0 Å². The summed E-state index contributed by atoms with van der Waals surface area (Å²) in [4.78, 5) is 11.6. The van der Waals surface area contributed by atoms with Crippen LogP contribution in [0.15, 0.2) is 0 Å². The van der Waals surface area contributed by atoms with Gasteiger partial charge in [-0.25, -0.2) is 0 Å². The maximum atomic E-state index is 11.6. The number of esters is 1. The number of halogens is 2. The van der Waals surface area contributed by atoms with Crippen molar-refractivity contribution in [2.75, 3.05) is 11.0 Å². The molecule has 102 valence electrons. The van der Waals surface area contributed by atoms with Gasteiger partial charge in [0.25, 0.3) is 0 Å². The number of hydrogen-bond acceptors (Lipinski definition) is 2. The highest BCUT2D eigenvalue weighted by molar-refractivity contribution is 14.1. The highest BCUT2D eigenvalue weighted by Gasteiger charge is 2.14. The first-order valence-corrected chi connectivity index (χ1v) is 9.36. The van der Waals surface area contributed by atoms with E-state index in [1.165, 1.54) is 32.1 Å². The number of ether oxygens (including phenoxy) is 1. The first-order valence-electron chi connectivity index (χ1n) is 6.59. The Labute approximate surface area is 133 Å². The Balaban J connectivity index is 3.32. The van der Waals surface area contributed by atoms with Crippen molar-refractivity contribution in [1.29, 1.82) is 0 Å². The highest BCUT2D eigenvalue weighted by atomic mass is 127. The molecule has 0 saturated carbocycles. The molecule has 17 heavy (non-hydrogen) atoms. The maximum Gasteiger partial charge on any atom is 0.318 e. The lowest BCUT2D eigenvalue weighted by atomic mass is 10.1. The summed E-state index contributed by atoms with van der Waals surface area (Å²) in [5.74, 6) is -0.0241. The van der Waals surface area contributed by atoms with Crippen molar-refractivity contribution in [3.05, 3.63) is 0 Å². The molecule has 0 N–H and O–H groups in total. The molecule has 0 aromatic rings. The standard InChI is InChI=1S/C13H24I2O2/c1-2-3-4-5-6-7-11-17-13(16)12(15)9-8-10-14/h12H,2-11H2,1H3. The minimum atomic E-state index is -0.0241. The monoisotopic (exact) mass is 466 g/mol. The number of alkyl halides is 2. The molecule has 0 aliphatic heterocycles. The van der Waals surface area contributed by atoms with E-state index in [0.717, 1.165) is 23.7 Å². The Morgan fingerprint density at radius 3 is 2.41 bits per heavy atom. The van der Waals surface area contributed by atoms with E-state index in [-0.39, 0.29) is 9.89 Å². The topological polar surface area (TPSA) is 26.3 Å². The SMILES string of the molecule is CCCCCCCCOC(=O)C(I)CCCI. The lowest BCUT2D eigenvalue weighted by Crippen LogP contribution is -2.18. The fraction of sp³-hybridized carbons (Fsp3) is 0.923. The van der Waals surface area contributed by atoms with Crippen LogP contribution in [0.2, 0.25) is 0 Å². The van der Waals surface area contributed by atoms with Crippen molar-refractivity contribution < 1.29 is 9.53 Å². The molecule has 0 saturated heterocycles. The van der Waals surface area contributed by atoms with Crippen LogP contribution in [0.5, 0.6) is 0 Å². The molecule has 4 heteroatoms. The molecule has 0 aromatic heterocycles. The summed E-state index contributed by atoms with van der Waals surface area (Å²) in [5, 5.41) is 0. The summed E-state index contributed by atoms with van der Waals surface area (Å²) >= 11 is 4.53. The Morgan fingerprint density at radius 1 is 1.12 bits per heavy atom. The molecule has 1 unspecified atom stereocenters. The molecule has 0 radical (unpaired) electrons. The fourth-order valence-electron chi connectivity index (χ4n) is 1.52. The molecular weight excluding hydrogens is 442 g/mol. The second-order valence-corrected chi connectivity index (χ2v) is 6.82. The van der Waals surface area contributed by atoms with Gasteiger partial charge in [-0.05, 0) is 23.7 Å². The van der Waals surface area contributed by atoms with Crippen LogP contribution in [0.4, 0.5) is 0 Å². The lowest BCUT2D eigenvalue weighted by molar-refractivity contribution is -0.142. The Morgan fingerprint density at radius 2 is 1.76 bits per heavy atom. The molecule has 0 amide bonds. The van der Waals surface area contributed by atoms with Crippen LogP contribution in [0.1, 0.15) is 58.3 Å². The average Bonchev–Trinajstić information content (AvgIpc) is 2.34. The predicted octanol–water partition coefficient (Wildman–Crippen LogP) is 4.91. The smallest absolute Gasteiger partial charge is 0.318 e. The van der Waals surface area contributed by atoms with E-state index in [2.05, 4.69) is 52.1 Å². The Kier molecular flexibility index (Phi) is 14.1. The Hall–Kier alpha value is 0.930.